The molecule has 3 rings (SSSR count). The minimum atomic E-state index is -0.303. The number of benzene rings is 1. The van der Waals surface area contributed by atoms with Gasteiger partial charge in [0.05, 0.1) is 11.2 Å². The Bertz CT molecular complexity index is 534. The molecule has 4 heteroatoms. The predicted octanol–water partition coefficient (Wildman–Crippen LogP) is 2.88. The molecule has 0 unspecified atom stereocenters. The number of rotatable bonds is 3. The predicted molar refractivity (Wildman–Crippen MR) is 86.7 cm³/mol. The standard InChI is InChI=1S/C17H26BNO2/c1-11(19)13-8-9-14(12-6-7-12)15(10-13)18-20-16(2,3)17(4,5)21-18/h8-12H,6-7,19H2,1-5H3/t11-/m0/s1. The molecule has 2 fully saturated rings. The first-order valence-corrected chi connectivity index (χ1v) is 7.96. The molecule has 1 saturated heterocycles. The molecular formula is C17H26BNO2. The van der Waals surface area contributed by atoms with Crippen molar-refractivity contribution < 1.29 is 9.31 Å². The number of hydrogen-bond donors (Lipinski definition) is 1. The SMILES string of the molecule is C[C@H](N)c1ccc(C2CC2)c(B2OC(C)(C)C(C)(C)O2)c1. The highest BCUT2D eigenvalue weighted by molar-refractivity contribution is 6.62. The van der Waals surface area contributed by atoms with Gasteiger partial charge >= 0.3 is 7.12 Å². The van der Waals surface area contributed by atoms with Crippen molar-refractivity contribution in [1.29, 1.82) is 0 Å². The molecule has 2 N–H and O–H groups in total. The molecular weight excluding hydrogens is 261 g/mol. The Morgan fingerprint density at radius 2 is 1.71 bits per heavy atom. The van der Waals surface area contributed by atoms with Crippen LogP contribution in [0.2, 0.25) is 0 Å². The third-order valence-corrected chi connectivity index (χ3v) is 5.16. The summed E-state index contributed by atoms with van der Waals surface area (Å²) in [6.07, 6.45) is 2.54. The summed E-state index contributed by atoms with van der Waals surface area (Å²) in [6, 6.07) is 6.57. The molecule has 0 bridgehead atoms. The molecule has 1 saturated carbocycles. The van der Waals surface area contributed by atoms with Gasteiger partial charge in [-0.05, 0) is 70.0 Å². The zero-order chi connectivity index (χ0) is 15.4. The maximum atomic E-state index is 6.24. The van der Waals surface area contributed by atoms with Crippen molar-refractivity contribution in [1.82, 2.24) is 0 Å². The summed E-state index contributed by atoms with van der Waals surface area (Å²) in [5.41, 5.74) is 9.13. The zero-order valence-electron chi connectivity index (χ0n) is 13.8. The Morgan fingerprint density at radius 1 is 1.14 bits per heavy atom. The summed E-state index contributed by atoms with van der Waals surface area (Å²) < 4.78 is 12.5. The first kappa shape index (κ1) is 15.1. The van der Waals surface area contributed by atoms with Crippen molar-refractivity contribution in [3.63, 3.8) is 0 Å². The van der Waals surface area contributed by atoms with Crippen LogP contribution in [0.25, 0.3) is 0 Å². The molecule has 1 aliphatic heterocycles. The molecule has 1 aromatic rings. The van der Waals surface area contributed by atoms with E-state index in [4.69, 9.17) is 15.0 Å². The van der Waals surface area contributed by atoms with Crippen LogP contribution in [-0.2, 0) is 9.31 Å². The van der Waals surface area contributed by atoms with Gasteiger partial charge < -0.3 is 15.0 Å². The Labute approximate surface area is 128 Å². The molecule has 21 heavy (non-hydrogen) atoms. The highest BCUT2D eigenvalue weighted by atomic mass is 16.7. The molecule has 2 aliphatic rings. The van der Waals surface area contributed by atoms with Crippen molar-refractivity contribution >= 4 is 12.6 Å². The molecule has 0 aromatic heterocycles. The van der Waals surface area contributed by atoms with Crippen LogP contribution in [0.4, 0.5) is 0 Å². The maximum absolute atomic E-state index is 6.24. The molecule has 3 nitrogen and oxygen atoms in total. The van der Waals surface area contributed by atoms with Gasteiger partial charge in [0.2, 0.25) is 0 Å². The van der Waals surface area contributed by atoms with E-state index in [-0.39, 0.29) is 24.4 Å². The summed E-state index contributed by atoms with van der Waals surface area (Å²) in [6.45, 7) is 10.4. The van der Waals surface area contributed by atoms with Crippen LogP contribution < -0.4 is 11.2 Å². The Morgan fingerprint density at radius 3 is 2.19 bits per heavy atom. The normalized spacial score (nSPS) is 25.1. The minimum absolute atomic E-state index is 0.0272. The van der Waals surface area contributed by atoms with Gasteiger partial charge in [0, 0.05) is 6.04 Å². The van der Waals surface area contributed by atoms with Crippen LogP contribution in [0.5, 0.6) is 0 Å². The van der Waals surface area contributed by atoms with E-state index in [1.54, 1.807) is 0 Å². The van der Waals surface area contributed by atoms with Gasteiger partial charge in [-0.3, -0.25) is 0 Å². The van der Waals surface area contributed by atoms with Crippen molar-refractivity contribution in [2.45, 2.75) is 70.6 Å². The van der Waals surface area contributed by atoms with Crippen LogP contribution in [0, 0.1) is 0 Å². The van der Waals surface area contributed by atoms with Gasteiger partial charge in [0.15, 0.2) is 0 Å². The molecule has 114 valence electrons. The summed E-state index contributed by atoms with van der Waals surface area (Å²) >= 11 is 0. The quantitative estimate of drug-likeness (QED) is 0.869. The Kier molecular flexibility index (Phi) is 3.47. The molecule has 1 aromatic carbocycles. The van der Waals surface area contributed by atoms with Crippen molar-refractivity contribution in [2.24, 2.45) is 5.73 Å². The topological polar surface area (TPSA) is 44.5 Å². The second kappa shape index (κ2) is 4.84. The van der Waals surface area contributed by atoms with Crippen LogP contribution >= 0.6 is 0 Å². The summed E-state index contributed by atoms with van der Waals surface area (Å²) in [5.74, 6) is 0.668. The van der Waals surface area contributed by atoms with Crippen molar-refractivity contribution in [3.8, 4) is 0 Å². The largest absolute Gasteiger partial charge is 0.495 e. The summed E-state index contributed by atoms with van der Waals surface area (Å²) in [4.78, 5) is 0. The minimum Gasteiger partial charge on any atom is -0.399 e. The Hall–Kier alpha value is -0.835. The van der Waals surface area contributed by atoms with E-state index in [1.165, 1.54) is 23.9 Å². The highest BCUT2D eigenvalue weighted by Crippen LogP contribution is 2.42. The van der Waals surface area contributed by atoms with Crippen LogP contribution in [-0.4, -0.2) is 18.3 Å². The van der Waals surface area contributed by atoms with Crippen molar-refractivity contribution in [3.05, 3.63) is 29.3 Å². The van der Waals surface area contributed by atoms with Gasteiger partial charge in [0.25, 0.3) is 0 Å². The van der Waals surface area contributed by atoms with E-state index in [1.807, 2.05) is 6.92 Å². The third-order valence-electron chi connectivity index (χ3n) is 5.16. The maximum Gasteiger partial charge on any atom is 0.495 e. The average Bonchev–Trinajstić information content (AvgIpc) is 3.17. The second-order valence-corrected chi connectivity index (χ2v) is 7.54. The second-order valence-electron chi connectivity index (χ2n) is 7.54. The van der Waals surface area contributed by atoms with Gasteiger partial charge in [-0.15, -0.1) is 0 Å². The van der Waals surface area contributed by atoms with Gasteiger partial charge in [-0.25, -0.2) is 0 Å². The van der Waals surface area contributed by atoms with E-state index in [2.05, 4.69) is 45.9 Å². The zero-order valence-corrected chi connectivity index (χ0v) is 13.8. The van der Waals surface area contributed by atoms with Crippen molar-refractivity contribution in [2.75, 3.05) is 0 Å². The van der Waals surface area contributed by atoms with E-state index in [9.17, 15) is 0 Å². The van der Waals surface area contributed by atoms with Crippen LogP contribution in [0.15, 0.2) is 18.2 Å². The molecule has 0 radical (unpaired) electrons. The first-order valence-electron chi connectivity index (χ1n) is 7.96. The lowest BCUT2D eigenvalue weighted by Crippen LogP contribution is -2.41. The summed E-state index contributed by atoms with van der Waals surface area (Å²) in [5, 5.41) is 0. The summed E-state index contributed by atoms with van der Waals surface area (Å²) in [7, 11) is -0.288. The van der Waals surface area contributed by atoms with E-state index in [0.717, 1.165) is 5.56 Å². The molecule has 0 amide bonds. The van der Waals surface area contributed by atoms with E-state index >= 15 is 0 Å². The van der Waals surface area contributed by atoms with Gasteiger partial charge in [0.1, 0.15) is 0 Å². The monoisotopic (exact) mass is 287 g/mol. The van der Waals surface area contributed by atoms with Gasteiger partial charge in [-0.1, -0.05) is 18.2 Å². The fourth-order valence-electron chi connectivity index (χ4n) is 2.82. The van der Waals surface area contributed by atoms with E-state index in [0.29, 0.717) is 5.92 Å². The first-order chi connectivity index (χ1) is 9.71. The fourth-order valence-corrected chi connectivity index (χ4v) is 2.82. The van der Waals surface area contributed by atoms with Crippen LogP contribution in [0.1, 0.15) is 70.5 Å². The molecule has 0 spiro atoms. The lowest BCUT2D eigenvalue weighted by atomic mass is 9.73. The van der Waals surface area contributed by atoms with E-state index < -0.39 is 0 Å². The highest BCUT2D eigenvalue weighted by Gasteiger charge is 2.52. The number of hydrogen-bond acceptors (Lipinski definition) is 3. The lowest BCUT2D eigenvalue weighted by molar-refractivity contribution is 0.00578. The smallest absolute Gasteiger partial charge is 0.399 e. The molecule has 1 atom stereocenters. The lowest BCUT2D eigenvalue weighted by Gasteiger charge is -2.32. The third kappa shape index (κ3) is 2.65. The van der Waals surface area contributed by atoms with Gasteiger partial charge in [-0.2, -0.15) is 0 Å². The molecule has 1 aliphatic carbocycles. The molecule has 1 heterocycles. The number of nitrogens with two attached hydrogens (primary N) is 1. The fraction of sp³-hybridized carbons (Fsp3) is 0.647. The van der Waals surface area contributed by atoms with Crippen LogP contribution in [0.3, 0.4) is 0 Å². The Balaban J connectivity index is 1.99. The average molecular weight is 287 g/mol.